The van der Waals surface area contributed by atoms with Crippen LogP contribution in [0.4, 0.5) is 5.69 Å². The van der Waals surface area contributed by atoms with E-state index in [1.54, 1.807) is 32.4 Å². The third-order valence-electron chi connectivity index (χ3n) is 4.25. The van der Waals surface area contributed by atoms with Gasteiger partial charge < -0.3 is 19.5 Å². The molecule has 0 aliphatic rings. The molecule has 154 valence electrons. The Morgan fingerprint density at radius 2 is 1.60 bits per heavy atom. The summed E-state index contributed by atoms with van der Waals surface area (Å²) in [4.78, 5) is 12.2. The highest BCUT2D eigenvalue weighted by atomic mass is 127. The van der Waals surface area contributed by atoms with E-state index >= 15 is 0 Å². The van der Waals surface area contributed by atoms with Crippen LogP contribution in [-0.2, 0) is 11.4 Å². The van der Waals surface area contributed by atoms with Gasteiger partial charge in [-0.05, 0) is 76.2 Å². The monoisotopic (exact) mass is 515 g/mol. The molecule has 0 radical (unpaired) electrons. The smallest absolute Gasteiger partial charge is 0.248 e. The largest absolute Gasteiger partial charge is 0.493 e. The van der Waals surface area contributed by atoms with Crippen molar-refractivity contribution in [1.82, 2.24) is 0 Å². The molecule has 0 saturated carbocycles. The first-order chi connectivity index (χ1) is 14.6. The number of carbonyl (C=O) groups excluding carboxylic acids is 1. The Bertz CT molecular complexity index is 992. The van der Waals surface area contributed by atoms with Gasteiger partial charge in [-0.2, -0.15) is 0 Å². The number of rotatable bonds is 8. The lowest BCUT2D eigenvalue weighted by Crippen LogP contribution is -2.07. The molecule has 1 amide bonds. The molecule has 0 fully saturated rings. The van der Waals surface area contributed by atoms with Crippen molar-refractivity contribution in [3.05, 3.63) is 87.5 Å². The number of benzene rings is 3. The maximum absolute atomic E-state index is 12.2. The van der Waals surface area contributed by atoms with Crippen LogP contribution < -0.4 is 19.5 Å². The van der Waals surface area contributed by atoms with Crippen LogP contribution >= 0.6 is 22.6 Å². The van der Waals surface area contributed by atoms with Gasteiger partial charge >= 0.3 is 0 Å². The average Bonchev–Trinajstić information content (AvgIpc) is 2.78. The Hall–Kier alpha value is -3.00. The zero-order chi connectivity index (χ0) is 21.3. The van der Waals surface area contributed by atoms with Gasteiger partial charge in [0.05, 0.1) is 14.2 Å². The maximum atomic E-state index is 12.2. The molecule has 6 heteroatoms. The SMILES string of the molecule is COc1cc(/C=C/C(=O)Nc2ccc(I)cc2)cc(OC)c1OCc1ccccc1. The van der Waals surface area contributed by atoms with Gasteiger partial charge in [-0.25, -0.2) is 0 Å². The summed E-state index contributed by atoms with van der Waals surface area (Å²) in [6, 6.07) is 21.1. The van der Waals surface area contributed by atoms with E-state index < -0.39 is 0 Å². The summed E-state index contributed by atoms with van der Waals surface area (Å²) in [7, 11) is 3.14. The summed E-state index contributed by atoms with van der Waals surface area (Å²) in [5, 5.41) is 2.83. The number of ether oxygens (including phenoxy) is 3. The van der Waals surface area contributed by atoms with Crippen LogP contribution in [0.1, 0.15) is 11.1 Å². The van der Waals surface area contributed by atoms with Crippen molar-refractivity contribution < 1.29 is 19.0 Å². The van der Waals surface area contributed by atoms with Crippen LogP contribution in [-0.4, -0.2) is 20.1 Å². The Kier molecular flexibility index (Phi) is 7.73. The third kappa shape index (κ3) is 6.00. The van der Waals surface area contributed by atoms with Crippen LogP contribution in [0.15, 0.2) is 72.8 Å². The summed E-state index contributed by atoms with van der Waals surface area (Å²) < 4.78 is 18.0. The van der Waals surface area contributed by atoms with E-state index in [0.29, 0.717) is 23.9 Å². The van der Waals surface area contributed by atoms with Gasteiger partial charge in [0.2, 0.25) is 11.7 Å². The van der Waals surface area contributed by atoms with Crippen LogP contribution in [0, 0.1) is 3.57 Å². The van der Waals surface area contributed by atoms with Crippen molar-refractivity contribution in [3.8, 4) is 17.2 Å². The molecule has 0 aliphatic carbocycles. The second-order valence-electron chi connectivity index (χ2n) is 6.36. The van der Waals surface area contributed by atoms with E-state index in [2.05, 4.69) is 27.9 Å². The highest BCUT2D eigenvalue weighted by Crippen LogP contribution is 2.39. The summed E-state index contributed by atoms with van der Waals surface area (Å²) in [5.74, 6) is 1.36. The minimum absolute atomic E-state index is 0.224. The summed E-state index contributed by atoms with van der Waals surface area (Å²) >= 11 is 2.22. The van der Waals surface area contributed by atoms with E-state index in [4.69, 9.17) is 14.2 Å². The van der Waals surface area contributed by atoms with Crippen molar-refractivity contribution in [2.24, 2.45) is 0 Å². The molecule has 0 aliphatic heterocycles. The maximum Gasteiger partial charge on any atom is 0.248 e. The predicted molar refractivity (Wildman–Crippen MR) is 127 cm³/mol. The van der Waals surface area contributed by atoms with Crippen LogP contribution in [0.25, 0.3) is 6.08 Å². The fourth-order valence-electron chi connectivity index (χ4n) is 2.76. The third-order valence-corrected chi connectivity index (χ3v) is 4.97. The molecule has 0 saturated heterocycles. The molecule has 3 aromatic carbocycles. The van der Waals surface area contributed by atoms with E-state index in [-0.39, 0.29) is 5.91 Å². The minimum atomic E-state index is -0.224. The lowest BCUT2D eigenvalue weighted by molar-refractivity contribution is -0.111. The first kappa shape index (κ1) is 21.7. The molecule has 1 N–H and O–H groups in total. The van der Waals surface area contributed by atoms with Crippen molar-refractivity contribution in [3.63, 3.8) is 0 Å². The molecule has 5 nitrogen and oxygen atoms in total. The number of anilines is 1. The normalized spacial score (nSPS) is 10.6. The predicted octanol–water partition coefficient (Wildman–Crippen LogP) is 5.54. The second-order valence-corrected chi connectivity index (χ2v) is 7.60. The number of nitrogens with one attached hydrogen (secondary N) is 1. The number of halogens is 1. The summed E-state index contributed by atoms with van der Waals surface area (Å²) in [6.07, 6.45) is 3.17. The van der Waals surface area contributed by atoms with Gasteiger partial charge in [-0.15, -0.1) is 0 Å². The standard InChI is InChI=1S/C24H22INO4/c1-28-21-14-18(8-13-23(27)26-20-11-9-19(25)10-12-20)15-22(29-2)24(21)30-16-17-6-4-3-5-7-17/h3-15H,16H2,1-2H3,(H,26,27)/b13-8+. The minimum Gasteiger partial charge on any atom is -0.493 e. The van der Waals surface area contributed by atoms with Crippen molar-refractivity contribution in [1.29, 1.82) is 0 Å². The zero-order valence-corrected chi connectivity index (χ0v) is 18.9. The van der Waals surface area contributed by atoms with Crippen molar-refractivity contribution in [2.45, 2.75) is 6.61 Å². The Labute approximate surface area is 189 Å². The quantitative estimate of drug-likeness (QED) is 0.316. The highest BCUT2D eigenvalue weighted by molar-refractivity contribution is 14.1. The highest BCUT2D eigenvalue weighted by Gasteiger charge is 2.14. The van der Waals surface area contributed by atoms with Gasteiger partial charge in [0.15, 0.2) is 11.5 Å². The molecular weight excluding hydrogens is 493 g/mol. The van der Waals surface area contributed by atoms with E-state index in [9.17, 15) is 4.79 Å². The molecule has 0 heterocycles. The van der Waals surface area contributed by atoms with Gasteiger partial charge in [0.25, 0.3) is 0 Å². The van der Waals surface area contributed by atoms with Crippen molar-refractivity contribution >= 4 is 40.3 Å². The van der Waals surface area contributed by atoms with Crippen LogP contribution in [0.2, 0.25) is 0 Å². The summed E-state index contributed by atoms with van der Waals surface area (Å²) in [5.41, 5.74) is 2.54. The van der Waals surface area contributed by atoms with Crippen LogP contribution in [0.3, 0.4) is 0 Å². The molecular formula is C24H22INO4. The lowest BCUT2D eigenvalue weighted by Gasteiger charge is -2.15. The zero-order valence-electron chi connectivity index (χ0n) is 16.7. The fraction of sp³-hybridized carbons (Fsp3) is 0.125. The van der Waals surface area contributed by atoms with Gasteiger partial charge in [0, 0.05) is 15.3 Å². The molecule has 0 spiro atoms. The molecule has 0 bridgehead atoms. The van der Waals surface area contributed by atoms with Crippen LogP contribution in [0.5, 0.6) is 17.2 Å². The number of hydrogen-bond donors (Lipinski definition) is 1. The molecule has 0 atom stereocenters. The Morgan fingerprint density at radius 3 is 2.20 bits per heavy atom. The Balaban J connectivity index is 1.74. The first-order valence-electron chi connectivity index (χ1n) is 9.26. The topological polar surface area (TPSA) is 56.8 Å². The van der Waals surface area contributed by atoms with Gasteiger partial charge in [-0.3, -0.25) is 4.79 Å². The number of methoxy groups -OCH3 is 2. The molecule has 3 rings (SSSR count). The van der Waals surface area contributed by atoms with Gasteiger partial charge in [0.1, 0.15) is 6.61 Å². The number of carbonyl (C=O) groups is 1. The van der Waals surface area contributed by atoms with Crippen molar-refractivity contribution in [2.75, 3.05) is 19.5 Å². The van der Waals surface area contributed by atoms with E-state index in [0.717, 1.165) is 20.4 Å². The van der Waals surface area contributed by atoms with Gasteiger partial charge in [-0.1, -0.05) is 30.3 Å². The lowest BCUT2D eigenvalue weighted by atomic mass is 10.1. The average molecular weight is 515 g/mol. The molecule has 3 aromatic rings. The van der Waals surface area contributed by atoms with E-state index in [1.807, 2.05) is 54.6 Å². The molecule has 30 heavy (non-hydrogen) atoms. The number of hydrogen-bond acceptors (Lipinski definition) is 4. The molecule has 0 aromatic heterocycles. The molecule has 0 unspecified atom stereocenters. The van der Waals surface area contributed by atoms with E-state index in [1.165, 1.54) is 6.08 Å². The number of amides is 1. The Morgan fingerprint density at radius 1 is 0.967 bits per heavy atom. The fourth-order valence-corrected chi connectivity index (χ4v) is 3.12. The second kappa shape index (κ2) is 10.7. The first-order valence-corrected chi connectivity index (χ1v) is 10.3. The summed E-state index contributed by atoms with van der Waals surface area (Å²) in [6.45, 7) is 0.390.